The zero-order valence-corrected chi connectivity index (χ0v) is 8.14. The van der Waals surface area contributed by atoms with E-state index in [0.717, 1.165) is 0 Å². The van der Waals surface area contributed by atoms with Gasteiger partial charge in [-0.3, -0.25) is 14.0 Å². The van der Waals surface area contributed by atoms with Crippen molar-refractivity contribution in [2.45, 2.75) is 0 Å². The summed E-state index contributed by atoms with van der Waals surface area (Å²) in [5.41, 5.74) is 0.229. The number of carbonyl (C=O) groups is 1. The number of imidazole rings is 1. The number of aromatic nitrogens is 4. The third kappa shape index (κ3) is 1.42. The predicted molar refractivity (Wildman–Crippen MR) is 50.2 cm³/mol. The summed E-state index contributed by atoms with van der Waals surface area (Å²) in [6, 6.07) is 0. The second kappa shape index (κ2) is 3.26. The minimum Gasteiger partial charge on any atom is -0.273 e. The van der Waals surface area contributed by atoms with Gasteiger partial charge in [0.1, 0.15) is 6.33 Å². The topological polar surface area (TPSA) is 52.7 Å². The van der Waals surface area contributed by atoms with Gasteiger partial charge in [0.25, 0.3) is 5.91 Å². The van der Waals surface area contributed by atoms with E-state index in [2.05, 4.69) is 10.1 Å². The van der Waals surface area contributed by atoms with Crippen LogP contribution in [0.15, 0.2) is 24.9 Å². The molecule has 0 atom stereocenters. The molecule has 0 N–H and O–H groups in total. The Morgan fingerprint density at radius 2 is 2.36 bits per heavy atom. The van der Waals surface area contributed by atoms with Crippen LogP contribution in [0.3, 0.4) is 0 Å². The molecule has 72 valence electrons. The largest absolute Gasteiger partial charge is 0.285 e. The second-order valence-corrected chi connectivity index (χ2v) is 3.18. The summed E-state index contributed by atoms with van der Waals surface area (Å²) in [5, 5.41) is 4.29. The summed E-state index contributed by atoms with van der Waals surface area (Å²) < 4.78 is 2.82. The molecule has 0 bridgehead atoms. The molecule has 0 radical (unpaired) electrons. The third-order valence-corrected chi connectivity index (χ3v) is 2.00. The maximum Gasteiger partial charge on any atom is 0.285 e. The normalized spacial score (nSPS) is 10.4. The highest BCUT2D eigenvalue weighted by atomic mass is 35.5. The average Bonchev–Trinajstić information content (AvgIpc) is 2.73. The summed E-state index contributed by atoms with van der Waals surface area (Å²) >= 11 is 5.82. The number of aryl methyl sites for hydroxylation is 1. The van der Waals surface area contributed by atoms with Crippen molar-refractivity contribution in [2.24, 2.45) is 7.05 Å². The molecule has 0 aliphatic heterocycles. The lowest BCUT2D eigenvalue weighted by atomic mass is 10.4. The van der Waals surface area contributed by atoms with Gasteiger partial charge in [-0.1, -0.05) is 11.6 Å². The second-order valence-electron chi connectivity index (χ2n) is 2.77. The molecule has 14 heavy (non-hydrogen) atoms. The Morgan fingerprint density at radius 1 is 1.57 bits per heavy atom. The maximum absolute atomic E-state index is 11.7. The van der Waals surface area contributed by atoms with Gasteiger partial charge < -0.3 is 0 Å². The minimum absolute atomic E-state index is 0.229. The fourth-order valence-corrected chi connectivity index (χ4v) is 1.37. The molecule has 2 heterocycles. The van der Waals surface area contributed by atoms with Gasteiger partial charge in [-0.2, -0.15) is 5.10 Å². The van der Waals surface area contributed by atoms with Gasteiger partial charge in [-0.05, 0) is 0 Å². The van der Waals surface area contributed by atoms with E-state index in [1.807, 2.05) is 0 Å². The molecule has 0 saturated heterocycles. The van der Waals surface area contributed by atoms with E-state index >= 15 is 0 Å². The lowest BCUT2D eigenvalue weighted by Crippen LogP contribution is -2.11. The highest BCUT2D eigenvalue weighted by Gasteiger charge is 2.15. The van der Waals surface area contributed by atoms with Gasteiger partial charge in [0.05, 0.1) is 5.02 Å². The SMILES string of the molecule is Cn1cc(Cl)c(C(=O)n2ccnc2)n1. The van der Waals surface area contributed by atoms with Crippen LogP contribution in [-0.2, 0) is 7.05 Å². The Morgan fingerprint density at radius 3 is 2.86 bits per heavy atom. The number of carbonyl (C=O) groups excluding carboxylic acids is 1. The molecular formula is C8H7ClN4O. The molecule has 2 aromatic rings. The molecule has 0 amide bonds. The molecule has 0 aromatic carbocycles. The van der Waals surface area contributed by atoms with Crippen molar-refractivity contribution >= 4 is 17.5 Å². The van der Waals surface area contributed by atoms with Crippen molar-refractivity contribution < 1.29 is 4.79 Å². The van der Waals surface area contributed by atoms with Crippen molar-refractivity contribution in [3.8, 4) is 0 Å². The summed E-state index contributed by atoms with van der Waals surface area (Å²) in [6.07, 6.45) is 6.06. The monoisotopic (exact) mass is 210 g/mol. The predicted octanol–water partition coefficient (Wildman–Crippen LogP) is 0.958. The fourth-order valence-electron chi connectivity index (χ4n) is 1.11. The quantitative estimate of drug-likeness (QED) is 0.705. The first-order valence-electron chi connectivity index (χ1n) is 3.90. The first-order chi connectivity index (χ1) is 6.68. The molecule has 0 saturated carbocycles. The van der Waals surface area contributed by atoms with Crippen LogP contribution < -0.4 is 0 Å². The number of rotatable bonds is 1. The average molecular weight is 211 g/mol. The molecule has 0 aliphatic rings. The summed E-state index contributed by atoms with van der Waals surface area (Å²) in [7, 11) is 1.70. The van der Waals surface area contributed by atoms with Crippen LogP contribution in [0, 0.1) is 0 Å². The van der Waals surface area contributed by atoms with Crippen molar-refractivity contribution in [3.63, 3.8) is 0 Å². The van der Waals surface area contributed by atoms with E-state index in [0.29, 0.717) is 5.02 Å². The van der Waals surface area contributed by atoms with Gasteiger partial charge >= 0.3 is 0 Å². The highest BCUT2D eigenvalue weighted by Crippen LogP contribution is 2.14. The van der Waals surface area contributed by atoms with Crippen molar-refractivity contribution in [3.05, 3.63) is 35.6 Å². The van der Waals surface area contributed by atoms with E-state index in [9.17, 15) is 4.79 Å². The molecule has 5 nitrogen and oxygen atoms in total. The number of nitrogens with zero attached hydrogens (tertiary/aromatic N) is 4. The Hall–Kier alpha value is -1.62. The van der Waals surface area contributed by atoms with Crippen LogP contribution in [0.1, 0.15) is 10.5 Å². The van der Waals surface area contributed by atoms with E-state index in [1.165, 1.54) is 21.8 Å². The summed E-state index contributed by atoms with van der Waals surface area (Å²) in [6.45, 7) is 0. The fraction of sp³-hybridized carbons (Fsp3) is 0.125. The van der Waals surface area contributed by atoms with Crippen LogP contribution >= 0.6 is 11.6 Å². The zero-order chi connectivity index (χ0) is 10.1. The first-order valence-corrected chi connectivity index (χ1v) is 4.28. The molecule has 2 rings (SSSR count). The van der Waals surface area contributed by atoms with E-state index in [-0.39, 0.29) is 11.6 Å². The molecule has 0 spiro atoms. The Balaban J connectivity index is 2.41. The standard InChI is InChI=1S/C8H7ClN4O/c1-12-4-6(9)7(11-12)8(14)13-3-2-10-5-13/h2-5H,1H3. The molecule has 0 fully saturated rings. The molecule has 0 unspecified atom stereocenters. The highest BCUT2D eigenvalue weighted by molar-refractivity contribution is 6.33. The Kier molecular flexibility index (Phi) is 2.09. The smallest absolute Gasteiger partial charge is 0.273 e. The zero-order valence-electron chi connectivity index (χ0n) is 7.38. The van der Waals surface area contributed by atoms with Crippen LogP contribution in [0.5, 0.6) is 0 Å². The minimum atomic E-state index is -0.284. The number of hydrogen-bond donors (Lipinski definition) is 0. The first kappa shape index (κ1) is 8.96. The third-order valence-electron chi connectivity index (χ3n) is 1.73. The van der Waals surface area contributed by atoms with Crippen molar-refractivity contribution in [1.82, 2.24) is 19.3 Å². The Labute approximate surface area is 84.9 Å². The molecular weight excluding hydrogens is 204 g/mol. The van der Waals surface area contributed by atoms with Gasteiger partial charge in [-0.25, -0.2) is 4.98 Å². The summed E-state index contributed by atoms with van der Waals surface area (Å²) in [5.74, 6) is -0.284. The van der Waals surface area contributed by atoms with E-state index in [1.54, 1.807) is 19.4 Å². The molecule has 6 heteroatoms. The lowest BCUT2D eigenvalue weighted by Gasteiger charge is -1.96. The van der Waals surface area contributed by atoms with E-state index in [4.69, 9.17) is 11.6 Å². The maximum atomic E-state index is 11.7. The van der Waals surface area contributed by atoms with Gasteiger partial charge in [-0.15, -0.1) is 0 Å². The van der Waals surface area contributed by atoms with Crippen molar-refractivity contribution in [1.29, 1.82) is 0 Å². The van der Waals surface area contributed by atoms with Crippen LogP contribution in [0.4, 0.5) is 0 Å². The van der Waals surface area contributed by atoms with Gasteiger partial charge in [0, 0.05) is 25.6 Å². The molecule has 0 aliphatic carbocycles. The lowest BCUT2D eigenvalue weighted by molar-refractivity contribution is 0.0954. The van der Waals surface area contributed by atoms with Gasteiger partial charge in [0.2, 0.25) is 0 Å². The Bertz CT molecular complexity index is 460. The summed E-state index contributed by atoms with van der Waals surface area (Å²) in [4.78, 5) is 15.5. The van der Waals surface area contributed by atoms with E-state index < -0.39 is 0 Å². The van der Waals surface area contributed by atoms with Gasteiger partial charge in [0.15, 0.2) is 5.69 Å². The van der Waals surface area contributed by atoms with Crippen LogP contribution in [0.2, 0.25) is 5.02 Å². The number of halogens is 1. The molecule has 2 aromatic heterocycles. The van der Waals surface area contributed by atoms with Crippen LogP contribution in [-0.4, -0.2) is 25.2 Å². The van der Waals surface area contributed by atoms with Crippen molar-refractivity contribution in [2.75, 3.05) is 0 Å². The van der Waals surface area contributed by atoms with Crippen LogP contribution in [0.25, 0.3) is 0 Å². The number of hydrogen-bond acceptors (Lipinski definition) is 3.